The van der Waals surface area contributed by atoms with Gasteiger partial charge in [0.2, 0.25) is 6.79 Å². The largest absolute Gasteiger partial charge is 0.454 e. The van der Waals surface area contributed by atoms with Gasteiger partial charge in [-0.05, 0) is 24.6 Å². The molecule has 2 aromatic rings. The monoisotopic (exact) mass is 285 g/mol. The Kier molecular flexibility index (Phi) is 3.56. The number of hydrogen-bond acceptors (Lipinski definition) is 3. The van der Waals surface area contributed by atoms with Crippen LogP contribution in [0, 0.1) is 6.92 Å². The standard InChI is InChI=1S/C16H15NO2S/c1-11-2-5-13(6-3-11)16(20)17-9-12-4-7-14-15(8-12)19-10-18-14/h2-8H,9-10H2,1H3,(H,17,20). The van der Waals surface area contributed by atoms with Crippen molar-refractivity contribution in [1.82, 2.24) is 5.32 Å². The molecule has 0 saturated carbocycles. The van der Waals surface area contributed by atoms with Gasteiger partial charge in [-0.2, -0.15) is 0 Å². The molecule has 0 saturated heterocycles. The molecule has 1 aliphatic rings. The maximum Gasteiger partial charge on any atom is 0.231 e. The molecular weight excluding hydrogens is 270 g/mol. The number of thiocarbonyl (C=S) groups is 1. The minimum Gasteiger partial charge on any atom is -0.454 e. The highest BCUT2D eigenvalue weighted by atomic mass is 32.1. The Labute approximate surface area is 123 Å². The van der Waals surface area contributed by atoms with Crippen molar-refractivity contribution in [2.24, 2.45) is 0 Å². The van der Waals surface area contributed by atoms with Crippen LogP contribution in [0.2, 0.25) is 0 Å². The number of ether oxygens (including phenoxy) is 2. The van der Waals surface area contributed by atoms with Gasteiger partial charge < -0.3 is 14.8 Å². The zero-order valence-electron chi connectivity index (χ0n) is 11.2. The molecule has 2 aromatic carbocycles. The lowest BCUT2D eigenvalue weighted by Crippen LogP contribution is -2.21. The molecule has 0 aromatic heterocycles. The van der Waals surface area contributed by atoms with E-state index in [0.717, 1.165) is 27.6 Å². The maximum absolute atomic E-state index is 5.40. The predicted molar refractivity (Wildman–Crippen MR) is 82.3 cm³/mol. The van der Waals surface area contributed by atoms with E-state index in [9.17, 15) is 0 Å². The van der Waals surface area contributed by atoms with Crippen LogP contribution in [0.3, 0.4) is 0 Å². The maximum atomic E-state index is 5.40. The van der Waals surface area contributed by atoms with E-state index in [-0.39, 0.29) is 0 Å². The van der Waals surface area contributed by atoms with Crippen LogP contribution in [0.1, 0.15) is 16.7 Å². The minimum absolute atomic E-state index is 0.300. The van der Waals surface area contributed by atoms with Crippen molar-refractivity contribution in [2.45, 2.75) is 13.5 Å². The molecule has 0 radical (unpaired) electrons. The van der Waals surface area contributed by atoms with Gasteiger partial charge in [-0.15, -0.1) is 0 Å². The number of hydrogen-bond donors (Lipinski definition) is 1. The molecule has 0 bridgehead atoms. The summed E-state index contributed by atoms with van der Waals surface area (Å²) >= 11 is 5.40. The lowest BCUT2D eigenvalue weighted by molar-refractivity contribution is 0.174. The van der Waals surface area contributed by atoms with Crippen molar-refractivity contribution in [2.75, 3.05) is 6.79 Å². The van der Waals surface area contributed by atoms with Crippen molar-refractivity contribution in [3.05, 3.63) is 59.2 Å². The summed E-state index contributed by atoms with van der Waals surface area (Å²) in [5.41, 5.74) is 3.38. The highest BCUT2D eigenvalue weighted by Crippen LogP contribution is 2.32. The van der Waals surface area contributed by atoms with E-state index < -0.39 is 0 Å². The average Bonchev–Trinajstić information content (AvgIpc) is 2.93. The smallest absolute Gasteiger partial charge is 0.231 e. The highest BCUT2D eigenvalue weighted by Gasteiger charge is 2.13. The molecular formula is C16H15NO2S. The third kappa shape index (κ3) is 2.75. The normalized spacial score (nSPS) is 12.2. The first kappa shape index (κ1) is 12.9. The minimum atomic E-state index is 0.300. The summed E-state index contributed by atoms with van der Waals surface area (Å²) in [7, 11) is 0. The van der Waals surface area contributed by atoms with Crippen molar-refractivity contribution in [3.63, 3.8) is 0 Å². The summed E-state index contributed by atoms with van der Waals surface area (Å²) in [5, 5.41) is 3.26. The van der Waals surface area contributed by atoms with Gasteiger partial charge >= 0.3 is 0 Å². The van der Waals surface area contributed by atoms with E-state index in [2.05, 4.69) is 24.4 Å². The Hall–Kier alpha value is -2.07. The Bertz CT molecular complexity index is 637. The number of benzene rings is 2. The predicted octanol–water partition coefficient (Wildman–Crippen LogP) is 3.19. The Morgan fingerprint density at radius 1 is 1.10 bits per heavy atom. The second-order valence-electron chi connectivity index (χ2n) is 4.74. The molecule has 0 spiro atoms. The summed E-state index contributed by atoms with van der Waals surface area (Å²) in [6.45, 7) is 3.03. The van der Waals surface area contributed by atoms with E-state index in [1.165, 1.54) is 5.56 Å². The Balaban J connectivity index is 1.64. The molecule has 0 unspecified atom stereocenters. The van der Waals surface area contributed by atoms with E-state index in [4.69, 9.17) is 21.7 Å². The topological polar surface area (TPSA) is 30.5 Å². The van der Waals surface area contributed by atoms with Gasteiger partial charge in [-0.1, -0.05) is 48.1 Å². The van der Waals surface area contributed by atoms with E-state index in [1.54, 1.807) is 0 Å². The van der Waals surface area contributed by atoms with Crippen molar-refractivity contribution < 1.29 is 9.47 Å². The molecule has 1 aliphatic heterocycles. The number of nitrogens with one attached hydrogen (secondary N) is 1. The first-order valence-electron chi connectivity index (χ1n) is 6.46. The first-order chi connectivity index (χ1) is 9.72. The quantitative estimate of drug-likeness (QED) is 0.877. The molecule has 1 heterocycles. The fourth-order valence-electron chi connectivity index (χ4n) is 2.04. The zero-order chi connectivity index (χ0) is 13.9. The van der Waals surface area contributed by atoms with Gasteiger partial charge in [-0.25, -0.2) is 0 Å². The van der Waals surface area contributed by atoms with Gasteiger partial charge in [0, 0.05) is 12.1 Å². The first-order valence-corrected chi connectivity index (χ1v) is 6.86. The number of fused-ring (bicyclic) bond motifs is 1. The molecule has 0 amide bonds. The fraction of sp³-hybridized carbons (Fsp3) is 0.188. The van der Waals surface area contributed by atoms with Crippen molar-refractivity contribution in [3.8, 4) is 11.5 Å². The van der Waals surface area contributed by atoms with Crippen LogP contribution in [0.15, 0.2) is 42.5 Å². The van der Waals surface area contributed by atoms with Crippen LogP contribution < -0.4 is 14.8 Å². The van der Waals surface area contributed by atoms with Gasteiger partial charge in [0.05, 0.1) is 0 Å². The number of rotatable bonds is 3. The summed E-state index contributed by atoms with van der Waals surface area (Å²) < 4.78 is 10.7. The van der Waals surface area contributed by atoms with Crippen molar-refractivity contribution in [1.29, 1.82) is 0 Å². The second kappa shape index (κ2) is 5.51. The summed E-state index contributed by atoms with van der Waals surface area (Å²) in [6.07, 6.45) is 0. The van der Waals surface area contributed by atoms with Crippen LogP contribution in [0.5, 0.6) is 11.5 Å². The molecule has 102 valence electrons. The second-order valence-corrected chi connectivity index (χ2v) is 5.14. The highest BCUT2D eigenvalue weighted by molar-refractivity contribution is 7.80. The SMILES string of the molecule is Cc1ccc(C(=S)NCc2ccc3c(c2)OCO3)cc1. The molecule has 0 aliphatic carbocycles. The summed E-state index contributed by atoms with van der Waals surface area (Å²) in [6, 6.07) is 14.1. The van der Waals surface area contributed by atoms with Gasteiger partial charge in [0.1, 0.15) is 4.99 Å². The molecule has 3 nitrogen and oxygen atoms in total. The van der Waals surface area contributed by atoms with Crippen LogP contribution in [-0.2, 0) is 6.54 Å². The molecule has 4 heteroatoms. The number of aryl methyl sites for hydroxylation is 1. The Morgan fingerprint density at radius 3 is 2.65 bits per heavy atom. The van der Waals surface area contributed by atoms with Gasteiger partial charge in [0.15, 0.2) is 11.5 Å². The third-order valence-corrected chi connectivity index (χ3v) is 3.58. The lowest BCUT2D eigenvalue weighted by atomic mass is 10.1. The third-order valence-electron chi connectivity index (χ3n) is 3.20. The van der Waals surface area contributed by atoms with E-state index in [1.807, 2.05) is 30.3 Å². The van der Waals surface area contributed by atoms with Crippen LogP contribution in [0.25, 0.3) is 0 Å². The molecule has 0 fully saturated rings. The zero-order valence-corrected chi connectivity index (χ0v) is 12.0. The summed E-state index contributed by atoms with van der Waals surface area (Å²) in [4.78, 5) is 0.752. The van der Waals surface area contributed by atoms with Crippen LogP contribution >= 0.6 is 12.2 Å². The van der Waals surface area contributed by atoms with E-state index >= 15 is 0 Å². The van der Waals surface area contributed by atoms with Crippen LogP contribution in [0.4, 0.5) is 0 Å². The molecule has 0 atom stereocenters. The Morgan fingerprint density at radius 2 is 1.85 bits per heavy atom. The molecule has 20 heavy (non-hydrogen) atoms. The van der Waals surface area contributed by atoms with Gasteiger partial charge in [0.25, 0.3) is 0 Å². The lowest BCUT2D eigenvalue weighted by Gasteiger charge is -2.09. The summed E-state index contributed by atoms with van der Waals surface area (Å²) in [5.74, 6) is 1.60. The average molecular weight is 285 g/mol. The fourth-order valence-corrected chi connectivity index (χ4v) is 2.25. The molecule has 1 N–H and O–H groups in total. The molecule has 3 rings (SSSR count). The van der Waals surface area contributed by atoms with E-state index in [0.29, 0.717) is 13.3 Å². The van der Waals surface area contributed by atoms with Crippen LogP contribution in [-0.4, -0.2) is 11.8 Å². The van der Waals surface area contributed by atoms with Gasteiger partial charge in [-0.3, -0.25) is 0 Å². The van der Waals surface area contributed by atoms with Crippen molar-refractivity contribution >= 4 is 17.2 Å².